The van der Waals surface area contributed by atoms with Crippen LogP contribution in [-0.2, 0) is 6.42 Å². The van der Waals surface area contributed by atoms with Gasteiger partial charge in [-0.15, -0.1) is 0 Å². The predicted molar refractivity (Wildman–Crippen MR) is 113 cm³/mol. The molecule has 0 aliphatic heterocycles. The maximum absolute atomic E-state index is 12.6. The highest BCUT2D eigenvalue weighted by molar-refractivity contribution is 5.97. The summed E-state index contributed by atoms with van der Waals surface area (Å²) in [5.74, 6) is 1.99. The zero-order chi connectivity index (χ0) is 20.1. The minimum absolute atomic E-state index is 0.0366. The monoisotopic (exact) mass is 392 g/mol. The number of aromatic nitrogens is 1. The number of hydrogen-bond donors (Lipinski definition) is 1. The lowest BCUT2D eigenvalue weighted by Crippen LogP contribution is -2.29. The van der Waals surface area contributed by atoms with Gasteiger partial charge in [0.05, 0.1) is 13.5 Å². The molecule has 152 valence electrons. The van der Waals surface area contributed by atoms with Gasteiger partial charge in [0.15, 0.2) is 11.5 Å². The largest absolute Gasteiger partial charge is 0.496 e. The van der Waals surface area contributed by atoms with E-state index in [0.717, 1.165) is 17.9 Å². The van der Waals surface area contributed by atoms with Gasteiger partial charge in [-0.25, -0.2) is 4.98 Å². The predicted octanol–water partition coefficient (Wildman–Crippen LogP) is 5.13. The van der Waals surface area contributed by atoms with Gasteiger partial charge in [0, 0.05) is 17.7 Å². The van der Waals surface area contributed by atoms with Crippen molar-refractivity contribution >= 4 is 17.0 Å². The van der Waals surface area contributed by atoms with Crippen molar-refractivity contribution in [3.8, 4) is 5.75 Å². The highest BCUT2D eigenvalue weighted by atomic mass is 16.5. The molecule has 1 amide bonds. The van der Waals surface area contributed by atoms with Crippen molar-refractivity contribution in [1.29, 1.82) is 0 Å². The van der Waals surface area contributed by atoms with Crippen molar-refractivity contribution in [3.05, 3.63) is 59.5 Å². The van der Waals surface area contributed by atoms with Crippen molar-refractivity contribution in [3.63, 3.8) is 0 Å². The first-order valence-corrected chi connectivity index (χ1v) is 10.5. The fourth-order valence-electron chi connectivity index (χ4n) is 4.11. The zero-order valence-corrected chi connectivity index (χ0v) is 16.9. The Morgan fingerprint density at radius 2 is 1.93 bits per heavy atom. The lowest BCUT2D eigenvalue weighted by Gasteiger charge is -2.14. The normalized spacial score (nSPS) is 15.2. The van der Waals surface area contributed by atoms with Crippen LogP contribution in [0.2, 0.25) is 0 Å². The standard InChI is InChI=1S/C24H28N2O3/c1-28-21-11-7-6-10-18(21)15-23-26-20-14-19(12-13-22(20)29-23)24(27)25-16-17-8-4-2-3-5-9-17/h6-7,10-14,17H,2-5,8-9,15-16H2,1H3,(H,25,27). The number of ether oxygens (including phenoxy) is 1. The molecule has 1 saturated carbocycles. The Hall–Kier alpha value is -2.82. The van der Waals surface area contributed by atoms with Crippen LogP contribution in [0.5, 0.6) is 5.75 Å². The summed E-state index contributed by atoms with van der Waals surface area (Å²) in [6.07, 6.45) is 8.18. The van der Waals surface area contributed by atoms with Gasteiger partial charge < -0.3 is 14.5 Å². The van der Waals surface area contributed by atoms with Gasteiger partial charge in [-0.05, 0) is 43.0 Å². The molecule has 0 atom stereocenters. The van der Waals surface area contributed by atoms with Gasteiger partial charge in [-0.1, -0.05) is 43.9 Å². The maximum Gasteiger partial charge on any atom is 0.251 e. The number of carbonyl (C=O) groups is 1. The molecular weight excluding hydrogens is 364 g/mol. The van der Waals surface area contributed by atoms with E-state index in [1.165, 1.54) is 38.5 Å². The smallest absolute Gasteiger partial charge is 0.251 e. The van der Waals surface area contributed by atoms with Crippen LogP contribution in [0.3, 0.4) is 0 Å². The van der Waals surface area contributed by atoms with Crippen molar-refractivity contribution in [2.75, 3.05) is 13.7 Å². The van der Waals surface area contributed by atoms with Crippen molar-refractivity contribution in [1.82, 2.24) is 10.3 Å². The first-order valence-electron chi connectivity index (χ1n) is 10.5. The van der Waals surface area contributed by atoms with Gasteiger partial charge >= 0.3 is 0 Å². The molecule has 5 nitrogen and oxygen atoms in total. The molecule has 1 fully saturated rings. The van der Waals surface area contributed by atoms with Crippen LogP contribution >= 0.6 is 0 Å². The number of hydrogen-bond acceptors (Lipinski definition) is 4. The summed E-state index contributed by atoms with van der Waals surface area (Å²) >= 11 is 0. The molecule has 5 heteroatoms. The fourth-order valence-corrected chi connectivity index (χ4v) is 4.11. The molecule has 0 radical (unpaired) electrons. The number of rotatable bonds is 6. The molecule has 0 spiro atoms. The Morgan fingerprint density at radius 3 is 2.72 bits per heavy atom. The molecule has 29 heavy (non-hydrogen) atoms. The van der Waals surface area contributed by atoms with E-state index in [1.54, 1.807) is 7.11 Å². The third-order valence-corrected chi connectivity index (χ3v) is 5.75. The second-order valence-electron chi connectivity index (χ2n) is 7.85. The SMILES string of the molecule is COc1ccccc1Cc1nc2cc(C(=O)NCC3CCCCCC3)ccc2o1. The Labute approximate surface area is 171 Å². The van der Waals surface area contributed by atoms with E-state index >= 15 is 0 Å². The Morgan fingerprint density at radius 1 is 1.14 bits per heavy atom. The molecule has 1 aromatic heterocycles. The first kappa shape index (κ1) is 19.5. The van der Waals surface area contributed by atoms with Crippen molar-refractivity contribution in [2.24, 2.45) is 5.92 Å². The van der Waals surface area contributed by atoms with Gasteiger partial charge in [-0.3, -0.25) is 4.79 Å². The highest BCUT2D eigenvalue weighted by Gasteiger charge is 2.16. The van der Waals surface area contributed by atoms with Gasteiger partial charge in [-0.2, -0.15) is 0 Å². The number of para-hydroxylation sites is 1. The molecule has 1 N–H and O–H groups in total. The first-order chi connectivity index (χ1) is 14.2. The quantitative estimate of drug-likeness (QED) is 0.591. The maximum atomic E-state index is 12.6. The van der Waals surface area contributed by atoms with Crippen LogP contribution in [-0.4, -0.2) is 24.5 Å². The Balaban J connectivity index is 1.44. The molecule has 0 bridgehead atoms. The summed E-state index contributed by atoms with van der Waals surface area (Å²) < 4.78 is 11.3. The summed E-state index contributed by atoms with van der Waals surface area (Å²) in [5.41, 5.74) is 3.04. The summed E-state index contributed by atoms with van der Waals surface area (Å²) in [5, 5.41) is 3.11. The van der Waals surface area contributed by atoms with Gasteiger partial charge in [0.1, 0.15) is 11.3 Å². The third kappa shape index (κ3) is 4.78. The lowest BCUT2D eigenvalue weighted by molar-refractivity contribution is 0.0946. The lowest BCUT2D eigenvalue weighted by atomic mass is 10.0. The molecule has 0 unspecified atom stereocenters. The van der Waals surface area contributed by atoms with Crippen LogP contribution in [0.4, 0.5) is 0 Å². The molecule has 1 aliphatic carbocycles. The average molecular weight is 392 g/mol. The fraction of sp³-hybridized carbons (Fsp3) is 0.417. The minimum atomic E-state index is -0.0366. The van der Waals surface area contributed by atoms with E-state index < -0.39 is 0 Å². The average Bonchev–Trinajstić information content (AvgIpc) is 2.96. The minimum Gasteiger partial charge on any atom is -0.496 e. The zero-order valence-electron chi connectivity index (χ0n) is 16.9. The summed E-state index contributed by atoms with van der Waals surface area (Å²) in [6.45, 7) is 0.759. The van der Waals surface area contributed by atoms with E-state index in [0.29, 0.717) is 34.9 Å². The Kier molecular flexibility index (Phi) is 6.13. The van der Waals surface area contributed by atoms with Crippen LogP contribution in [0.1, 0.15) is 60.3 Å². The molecule has 0 saturated heterocycles. The van der Waals surface area contributed by atoms with Gasteiger partial charge in [0.25, 0.3) is 5.91 Å². The van der Waals surface area contributed by atoms with Gasteiger partial charge in [0.2, 0.25) is 0 Å². The van der Waals surface area contributed by atoms with Crippen LogP contribution in [0, 0.1) is 5.92 Å². The van der Waals surface area contributed by atoms with E-state index in [1.807, 2.05) is 42.5 Å². The van der Waals surface area contributed by atoms with Crippen molar-refractivity contribution in [2.45, 2.75) is 44.9 Å². The molecule has 1 heterocycles. The van der Waals surface area contributed by atoms with E-state index in [-0.39, 0.29) is 5.91 Å². The molecule has 3 aromatic rings. The summed E-state index contributed by atoms with van der Waals surface area (Å²) in [7, 11) is 1.66. The number of nitrogens with one attached hydrogen (secondary N) is 1. The highest BCUT2D eigenvalue weighted by Crippen LogP contribution is 2.24. The second kappa shape index (κ2) is 9.12. The molecular formula is C24H28N2O3. The summed E-state index contributed by atoms with van der Waals surface area (Å²) in [4.78, 5) is 17.2. The van der Waals surface area contributed by atoms with Crippen LogP contribution in [0.25, 0.3) is 11.1 Å². The van der Waals surface area contributed by atoms with Crippen LogP contribution in [0.15, 0.2) is 46.9 Å². The number of amides is 1. The number of benzene rings is 2. The summed E-state index contributed by atoms with van der Waals surface area (Å²) in [6, 6.07) is 13.3. The van der Waals surface area contributed by atoms with Crippen LogP contribution < -0.4 is 10.1 Å². The van der Waals surface area contributed by atoms with E-state index in [4.69, 9.17) is 9.15 Å². The van der Waals surface area contributed by atoms with E-state index in [9.17, 15) is 4.79 Å². The number of oxazole rings is 1. The second-order valence-corrected chi connectivity index (χ2v) is 7.85. The number of fused-ring (bicyclic) bond motifs is 1. The topological polar surface area (TPSA) is 64.4 Å². The third-order valence-electron chi connectivity index (χ3n) is 5.75. The number of nitrogens with zero attached hydrogens (tertiary/aromatic N) is 1. The Bertz CT molecular complexity index is 971. The van der Waals surface area contributed by atoms with E-state index in [2.05, 4.69) is 10.3 Å². The molecule has 1 aliphatic rings. The number of methoxy groups -OCH3 is 1. The molecule has 4 rings (SSSR count). The van der Waals surface area contributed by atoms with Crippen molar-refractivity contribution < 1.29 is 13.9 Å². The number of carbonyl (C=O) groups excluding carboxylic acids is 1. The molecule has 2 aromatic carbocycles.